The zero-order chi connectivity index (χ0) is 23.1. The molecule has 0 bridgehead atoms. The van der Waals surface area contributed by atoms with E-state index in [0.29, 0.717) is 5.56 Å². The van der Waals surface area contributed by atoms with Gasteiger partial charge in [0.05, 0.1) is 6.61 Å². The topological polar surface area (TPSA) is 51.2 Å². The van der Waals surface area contributed by atoms with Gasteiger partial charge < -0.3 is 10.1 Å². The number of nitrogens with zero attached hydrogens (tertiary/aromatic N) is 1. The van der Waals surface area contributed by atoms with Gasteiger partial charge in [-0.1, -0.05) is 64.0 Å². The molecule has 3 aromatic rings. The third-order valence-corrected chi connectivity index (χ3v) is 5.75. The molecule has 0 fully saturated rings. The Bertz CT molecular complexity index is 938. The summed E-state index contributed by atoms with van der Waals surface area (Å²) in [7, 11) is 0. The second-order valence-electron chi connectivity index (χ2n) is 8.53. The first kappa shape index (κ1) is 24.5. The van der Waals surface area contributed by atoms with Gasteiger partial charge in [-0.3, -0.25) is 9.78 Å². The Labute approximate surface area is 198 Å². The minimum atomic E-state index is -0.119. The van der Waals surface area contributed by atoms with Crippen molar-refractivity contribution in [2.75, 3.05) is 11.9 Å². The van der Waals surface area contributed by atoms with Gasteiger partial charge in [0.15, 0.2) is 0 Å². The van der Waals surface area contributed by atoms with E-state index in [9.17, 15) is 4.79 Å². The van der Waals surface area contributed by atoms with Crippen LogP contribution in [0.25, 0.3) is 0 Å². The van der Waals surface area contributed by atoms with E-state index in [-0.39, 0.29) is 5.91 Å². The molecule has 0 saturated heterocycles. The molecular weight excluding hydrogens is 408 g/mol. The van der Waals surface area contributed by atoms with Crippen LogP contribution in [0.1, 0.15) is 79.8 Å². The summed E-state index contributed by atoms with van der Waals surface area (Å²) >= 11 is 0. The summed E-state index contributed by atoms with van der Waals surface area (Å²) in [6, 6.07) is 19.4. The van der Waals surface area contributed by atoms with Crippen LogP contribution in [0.5, 0.6) is 5.75 Å². The van der Waals surface area contributed by atoms with Crippen LogP contribution in [0.2, 0.25) is 0 Å². The molecule has 4 nitrogen and oxygen atoms in total. The van der Waals surface area contributed by atoms with Crippen molar-refractivity contribution in [2.45, 2.75) is 64.7 Å². The molecule has 1 aromatic heterocycles. The highest BCUT2D eigenvalue weighted by atomic mass is 16.5. The zero-order valence-electron chi connectivity index (χ0n) is 19.8. The number of amides is 1. The first-order valence-corrected chi connectivity index (χ1v) is 12.3. The van der Waals surface area contributed by atoms with Crippen molar-refractivity contribution in [3.8, 4) is 5.75 Å². The summed E-state index contributed by atoms with van der Waals surface area (Å²) in [5, 5.41) is 2.96. The number of nitrogens with one attached hydrogen (secondary N) is 1. The van der Waals surface area contributed by atoms with Crippen molar-refractivity contribution < 1.29 is 9.53 Å². The van der Waals surface area contributed by atoms with Gasteiger partial charge in [0, 0.05) is 23.6 Å². The molecule has 0 atom stereocenters. The van der Waals surface area contributed by atoms with Crippen molar-refractivity contribution in [3.05, 3.63) is 89.7 Å². The molecule has 0 aliphatic carbocycles. The molecule has 1 N–H and O–H groups in total. The lowest BCUT2D eigenvalue weighted by atomic mass is 10.1. The molecule has 1 amide bonds. The number of carbonyl (C=O) groups excluding carboxylic acids is 1. The SMILES string of the molecule is CCCCCCCCCCOc1ccc(C(=O)Nc2ccc(Cc3ccncc3)cc2)cc1. The molecule has 0 radical (unpaired) electrons. The fraction of sp³-hybridized carbons (Fsp3) is 0.379. The predicted molar refractivity (Wildman–Crippen MR) is 136 cm³/mol. The molecule has 0 aliphatic rings. The van der Waals surface area contributed by atoms with E-state index < -0.39 is 0 Å². The largest absolute Gasteiger partial charge is 0.494 e. The van der Waals surface area contributed by atoms with E-state index in [1.54, 1.807) is 12.4 Å². The number of rotatable bonds is 14. The van der Waals surface area contributed by atoms with Crippen molar-refractivity contribution in [1.29, 1.82) is 0 Å². The van der Waals surface area contributed by atoms with Crippen molar-refractivity contribution in [3.63, 3.8) is 0 Å². The van der Waals surface area contributed by atoms with Crippen LogP contribution in [0.4, 0.5) is 5.69 Å². The first-order chi connectivity index (χ1) is 16.2. The first-order valence-electron chi connectivity index (χ1n) is 12.3. The number of pyridine rings is 1. The van der Waals surface area contributed by atoms with Crippen LogP contribution in [0.15, 0.2) is 73.1 Å². The van der Waals surface area contributed by atoms with Crippen LogP contribution in [-0.2, 0) is 6.42 Å². The third kappa shape index (κ3) is 9.09. The molecule has 0 spiro atoms. The summed E-state index contributed by atoms with van der Waals surface area (Å²) < 4.78 is 5.83. The standard InChI is InChI=1S/C29H36N2O2/c1-2-3-4-5-6-7-8-9-22-33-28-16-12-26(13-17-28)29(32)31-27-14-10-24(11-15-27)23-25-18-20-30-21-19-25/h10-21H,2-9,22-23H2,1H3,(H,31,32). The number of anilines is 1. The Kier molecular flexibility index (Phi) is 10.5. The van der Waals surface area contributed by atoms with Gasteiger partial charge in [-0.05, 0) is 72.5 Å². The van der Waals surface area contributed by atoms with Gasteiger partial charge in [-0.2, -0.15) is 0 Å². The molecule has 33 heavy (non-hydrogen) atoms. The molecular formula is C29H36N2O2. The maximum Gasteiger partial charge on any atom is 0.255 e. The minimum Gasteiger partial charge on any atom is -0.494 e. The number of benzene rings is 2. The Hall–Kier alpha value is -3.14. The van der Waals surface area contributed by atoms with E-state index in [4.69, 9.17) is 4.74 Å². The van der Waals surface area contributed by atoms with E-state index in [0.717, 1.165) is 30.9 Å². The Morgan fingerprint density at radius 3 is 2.03 bits per heavy atom. The summed E-state index contributed by atoms with van der Waals surface area (Å²) in [6.45, 7) is 2.98. The average molecular weight is 445 g/mol. The molecule has 1 heterocycles. The number of aromatic nitrogens is 1. The van der Waals surface area contributed by atoms with E-state index in [1.807, 2.05) is 60.7 Å². The van der Waals surface area contributed by atoms with E-state index in [2.05, 4.69) is 17.2 Å². The lowest BCUT2D eigenvalue weighted by Gasteiger charge is -2.09. The monoisotopic (exact) mass is 444 g/mol. The van der Waals surface area contributed by atoms with Crippen LogP contribution in [0.3, 0.4) is 0 Å². The van der Waals surface area contributed by atoms with E-state index in [1.165, 1.54) is 56.1 Å². The van der Waals surface area contributed by atoms with Crippen LogP contribution in [0, 0.1) is 0 Å². The lowest BCUT2D eigenvalue weighted by Crippen LogP contribution is -2.11. The Morgan fingerprint density at radius 1 is 0.758 bits per heavy atom. The van der Waals surface area contributed by atoms with Crippen molar-refractivity contribution in [2.24, 2.45) is 0 Å². The van der Waals surface area contributed by atoms with Gasteiger partial charge in [-0.15, -0.1) is 0 Å². The second-order valence-corrected chi connectivity index (χ2v) is 8.53. The molecule has 4 heteroatoms. The maximum atomic E-state index is 12.6. The second kappa shape index (κ2) is 14.1. The number of ether oxygens (including phenoxy) is 1. The smallest absolute Gasteiger partial charge is 0.255 e. The fourth-order valence-corrected chi connectivity index (χ4v) is 3.77. The molecule has 2 aromatic carbocycles. The van der Waals surface area contributed by atoms with Gasteiger partial charge in [-0.25, -0.2) is 0 Å². The van der Waals surface area contributed by atoms with Gasteiger partial charge in [0.2, 0.25) is 0 Å². The predicted octanol–water partition coefficient (Wildman–Crippen LogP) is 7.44. The average Bonchev–Trinajstić information content (AvgIpc) is 2.85. The van der Waals surface area contributed by atoms with Gasteiger partial charge in [0.25, 0.3) is 5.91 Å². The number of carbonyl (C=O) groups is 1. The lowest BCUT2D eigenvalue weighted by molar-refractivity contribution is 0.102. The number of hydrogen-bond acceptors (Lipinski definition) is 3. The fourth-order valence-electron chi connectivity index (χ4n) is 3.77. The molecule has 0 unspecified atom stereocenters. The summed E-state index contributed by atoms with van der Waals surface area (Å²) in [5.41, 5.74) is 3.81. The number of hydrogen-bond donors (Lipinski definition) is 1. The zero-order valence-corrected chi connectivity index (χ0v) is 19.8. The van der Waals surface area contributed by atoms with Crippen molar-refractivity contribution >= 4 is 11.6 Å². The summed E-state index contributed by atoms with van der Waals surface area (Å²) in [6.07, 6.45) is 14.7. The normalized spacial score (nSPS) is 10.7. The van der Waals surface area contributed by atoms with Crippen LogP contribution >= 0.6 is 0 Å². The molecule has 3 rings (SSSR count). The number of unbranched alkanes of at least 4 members (excludes halogenated alkanes) is 7. The van der Waals surface area contributed by atoms with Crippen LogP contribution in [-0.4, -0.2) is 17.5 Å². The highest BCUT2D eigenvalue weighted by molar-refractivity contribution is 6.04. The third-order valence-electron chi connectivity index (χ3n) is 5.75. The van der Waals surface area contributed by atoms with Gasteiger partial charge in [0.1, 0.15) is 5.75 Å². The quantitative estimate of drug-likeness (QED) is 0.263. The van der Waals surface area contributed by atoms with Crippen molar-refractivity contribution in [1.82, 2.24) is 4.98 Å². The van der Waals surface area contributed by atoms with E-state index >= 15 is 0 Å². The summed E-state index contributed by atoms with van der Waals surface area (Å²) in [5.74, 6) is 0.696. The summed E-state index contributed by atoms with van der Waals surface area (Å²) in [4.78, 5) is 16.6. The highest BCUT2D eigenvalue weighted by Crippen LogP contribution is 2.17. The molecule has 0 aliphatic heterocycles. The maximum absolute atomic E-state index is 12.6. The Morgan fingerprint density at radius 2 is 1.36 bits per heavy atom. The molecule has 174 valence electrons. The minimum absolute atomic E-state index is 0.119. The van der Waals surface area contributed by atoms with Gasteiger partial charge >= 0.3 is 0 Å². The van der Waals surface area contributed by atoms with Crippen LogP contribution < -0.4 is 10.1 Å². The Balaban J connectivity index is 1.36. The molecule has 0 saturated carbocycles. The highest BCUT2D eigenvalue weighted by Gasteiger charge is 2.07.